The Balaban J connectivity index is 1.18. The molecular formula is C23H24ClN7O4. The van der Waals surface area contributed by atoms with Crippen molar-refractivity contribution in [1.82, 2.24) is 20.2 Å². The van der Waals surface area contributed by atoms with E-state index in [1.807, 2.05) is 4.90 Å². The molecule has 0 radical (unpaired) electrons. The molecule has 182 valence electrons. The normalized spacial score (nSPS) is 13.3. The first-order chi connectivity index (χ1) is 17.0. The number of nitrogens with zero attached hydrogens (tertiary/aromatic N) is 4. The lowest BCUT2D eigenvalue weighted by Gasteiger charge is -2.34. The smallest absolute Gasteiger partial charge is 0.319 e. The van der Waals surface area contributed by atoms with Gasteiger partial charge in [0.25, 0.3) is 5.91 Å². The average Bonchev–Trinajstić information content (AvgIpc) is 3.42. The zero-order valence-corrected chi connectivity index (χ0v) is 19.5. The van der Waals surface area contributed by atoms with Crippen molar-refractivity contribution in [3.05, 3.63) is 65.8 Å². The van der Waals surface area contributed by atoms with Gasteiger partial charge in [-0.2, -0.15) is 0 Å². The molecule has 1 fully saturated rings. The molecule has 1 aliphatic rings. The minimum absolute atomic E-state index is 0.0291. The number of aromatic nitrogens is 2. The van der Waals surface area contributed by atoms with E-state index in [0.29, 0.717) is 43.5 Å². The van der Waals surface area contributed by atoms with Gasteiger partial charge in [0, 0.05) is 57.2 Å². The summed E-state index contributed by atoms with van der Waals surface area (Å²) in [5, 5.41) is 8.21. The van der Waals surface area contributed by atoms with E-state index in [-0.39, 0.29) is 29.7 Å². The zero-order chi connectivity index (χ0) is 24.6. The number of urea groups is 1. The maximum Gasteiger partial charge on any atom is 0.319 e. The van der Waals surface area contributed by atoms with E-state index in [0.717, 1.165) is 0 Å². The monoisotopic (exact) mass is 497 g/mol. The lowest BCUT2D eigenvalue weighted by molar-refractivity contribution is -0.131. The molecule has 12 heteroatoms. The molecule has 1 aromatic carbocycles. The van der Waals surface area contributed by atoms with Crippen LogP contribution in [0.5, 0.6) is 0 Å². The highest BCUT2D eigenvalue weighted by atomic mass is 35.5. The number of amides is 4. The number of piperazine rings is 1. The van der Waals surface area contributed by atoms with Gasteiger partial charge >= 0.3 is 6.03 Å². The highest BCUT2D eigenvalue weighted by Gasteiger charge is 2.22. The first kappa shape index (κ1) is 24.0. The molecule has 0 unspecified atom stereocenters. The molecule has 0 spiro atoms. The topological polar surface area (TPSA) is 133 Å². The Morgan fingerprint density at radius 1 is 1.00 bits per heavy atom. The minimum atomic E-state index is -0.465. The Bertz CT molecular complexity index is 1170. The number of hydrogen-bond acceptors (Lipinski definition) is 7. The largest absolute Gasteiger partial charge is 0.459 e. The third-order valence-electron chi connectivity index (χ3n) is 5.31. The molecule has 4 amide bonds. The van der Waals surface area contributed by atoms with Crippen molar-refractivity contribution < 1.29 is 18.8 Å². The van der Waals surface area contributed by atoms with Gasteiger partial charge in [-0.05, 0) is 36.4 Å². The van der Waals surface area contributed by atoms with Gasteiger partial charge in [-0.15, -0.1) is 0 Å². The number of hydrogen-bond donors (Lipinski definition) is 3. The maximum absolute atomic E-state index is 12.5. The van der Waals surface area contributed by atoms with Crippen LogP contribution in [0.1, 0.15) is 17.0 Å². The fourth-order valence-corrected chi connectivity index (χ4v) is 3.74. The molecular weight excluding hydrogens is 474 g/mol. The van der Waals surface area contributed by atoms with Crippen LogP contribution < -0.4 is 20.9 Å². The van der Waals surface area contributed by atoms with E-state index in [2.05, 4.69) is 25.9 Å². The Morgan fingerprint density at radius 3 is 2.46 bits per heavy atom. The second kappa shape index (κ2) is 11.3. The number of halogens is 1. The standard InChI is InChI=1S/C23H24ClN7O4/c24-17-15-16(4-5-18(17)29-21(33)19-3-1-14-35-19)28-23(34)27-9-6-20(32)30-10-12-31(13-11-30)22-25-7-2-8-26-22/h1-5,7-8,14-15H,6,9-13H2,(H,29,33)(H2,27,28,34). The van der Waals surface area contributed by atoms with Gasteiger partial charge in [-0.1, -0.05) is 11.6 Å². The highest BCUT2D eigenvalue weighted by Crippen LogP contribution is 2.26. The van der Waals surface area contributed by atoms with Gasteiger partial charge in [0.1, 0.15) is 0 Å². The van der Waals surface area contributed by atoms with Crippen LogP contribution in [0.4, 0.5) is 22.1 Å². The number of anilines is 3. The summed E-state index contributed by atoms with van der Waals surface area (Å²) in [6.07, 6.45) is 4.98. The van der Waals surface area contributed by atoms with Crippen molar-refractivity contribution >= 4 is 46.8 Å². The summed E-state index contributed by atoms with van der Waals surface area (Å²) in [5.41, 5.74) is 0.817. The van der Waals surface area contributed by atoms with Crippen molar-refractivity contribution in [2.75, 3.05) is 48.3 Å². The van der Waals surface area contributed by atoms with Crippen LogP contribution in [0.15, 0.2) is 59.5 Å². The number of carbonyl (C=O) groups excluding carboxylic acids is 3. The number of rotatable bonds is 7. The molecule has 35 heavy (non-hydrogen) atoms. The third kappa shape index (κ3) is 6.48. The molecule has 0 saturated carbocycles. The van der Waals surface area contributed by atoms with Crippen molar-refractivity contribution in [2.45, 2.75) is 6.42 Å². The molecule has 11 nitrogen and oxygen atoms in total. The van der Waals surface area contributed by atoms with E-state index in [1.54, 1.807) is 41.6 Å². The molecule has 2 aromatic heterocycles. The number of furan rings is 1. The SMILES string of the molecule is O=C(NCCC(=O)N1CCN(c2ncccn2)CC1)Nc1ccc(NC(=O)c2ccco2)c(Cl)c1. The third-order valence-corrected chi connectivity index (χ3v) is 5.62. The lowest BCUT2D eigenvalue weighted by atomic mass is 10.2. The van der Waals surface area contributed by atoms with Crippen LogP contribution in [0.3, 0.4) is 0 Å². The quantitative estimate of drug-likeness (QED) is 0.457. The summed E-state index contributed by atoms with van der Waals surface area (Å²) >= 11 is 6.22. The van der Waals surface area contributed by atoms with Crippen LogP contribution in [-0.4, -0.2) is 65.4 Å². The minimum Gasteiger partial charge on any atom is -0.459 e. The van der Waals surface area contributed by atoms with E-state index in [1.165, 1.54) is 18.4 Å². The second-order valence-electron chi connectivity index (χ2n) is 7.67. The zero-order valence-electron chi connectivity index (χ0n) is 18.7. The fourth-order valence-electron chi connectivity index (χ4n) is 3.51. The molecule has 0 bridgehead atoms. The summed E-state index contributed by atoms with van der Waals surface area (Å²) in [7, 11) is 0. The van der Waals surface area contributed by atoms with Crippen LogP contribution in [-0.2, 0) is 4.79 Å². The molecule has 3 heterocycles. The number of nitrogens with one attached hydrogen (secondary N) is 3. The molecule has 1 saturated heterocycles. The maximum atomic E-state index is 12.5. The summed E-state index contributed by atoms with van der Waals surface area (Å²) in [6, 6.07) is 9.13. The van der Waals surface area contributed by atoms with Crippen molar-refractivity contribution in [3.63, 3.8) is 0 Å². The average molecular weight is 498 g/mol. The van der Waals surface area contributed by atoms with E-state index >= 15 is 0 Å². The summed E-state index contributed by atoms with van der Waals surface area (Å²) in [4.78, 5) is 49.0. The van der Waals surface area contributed by atoms with E-state index in [4.69, 9.17) is 16.0 Å². The van der Waals surface area contributed by atoms with Gasteiger partial charge in [-0.25, -0.2) is 14.8 Å². The van der Waals surface area contributed by atoms with Crippen LogP contribution in [0.25, 0.3) is 0 Å². The molecule has 0 atom stereocenters. The Labute approximate surface area is 206 Å². The van der Waals surface area contributed by atoms with Crippen molar-refractivity contribution in [2.24, 2.45) is 0 Å². The first-order valence-electron chi connectivity index (χ1n) is 11.0. The first-order valence-corrected chi connectivity index (χ1v) is 11.4. The molecule has 1 aliphatic heterocycles. The Kier molecular flexibility index (Phi) is 7.78. The second-order valence-corrected chi connectivity index (χ2v) is 8.08. The lowest BCUT2D eigenvalue weighted by Crippen LogP contribution is -2.49. The van der Waals surface area contributed by atoms with Gasteiger partial charge in [0.15, 0.2) is 5.76 Å². The molecule has 0 aliphatic carbocycles. The van der Waals surface area contributed by atoms with Gasteiger partial charge in [0.2, 0.25) is 11.9 Å². The van der Waals surface area contributed by atoms with Crippen LogP contribution >= 0.6 is 11.6 Å². The summed E-state index contributed by atoms with van der Waals surface area (Å²) < 4.78 is 5.05. The fraction of sp³-hybridized carbons (Fsp3) is 0.261. The van der Waals surface area contributed by atoms with Crippen molar-refractivity contribution in [3.8, 4) is 0 Å². The molecule has 3 aromatic rings. The molecule has 4 rings (SSSR count). The van der Waals surface area contributed by atoms with Crippen molar-refractivity contribution in [1.29, 1.82) is 0 Å². The van der Waals surface area contributed by atoms with E-state index < -0.39 is 11.9 Å². The van der Waals surface area contributed by atoms with Crippen LogP contribution in [0, 0.1) is 0 Å². The number of carbonyl (C=O) groups is 3. The molecule has 3 N–H and O–H groups in total. The van der Waals surface area contributed by atoms with Crippen LogP contribution in [0.2, 0.25) is 5.02 Å². The van der Waals surface area contributed by atoms with Gasteiger partial charge < -0.3 is 30.2 Å². The predicted molar refractivity (Wildman–Crippen MR) is 131 cm³/mol. The predicted octanol–water partition coefficient (Wildman–Crippen LogP) is 2.84. The Hall–Kier alpha value is -4.12. The Morgan fingerprint density at radius 2 is 1.77 bits per heavy atom. The van der Waals surface area contributed by atoms with Gasteiger partial charge in [0.05, 0.1) is 17.0 Å². The summed E-state index contributed by atoms with van der Waals surface area (Å²) in [6.45, 7) is 2.65. The highest BCUT2D eigenvalue weighted by molar-refractivity contribution is 6.34. The number of benzene rings is 1. The van der Waals surface area contributed by atoms with Gasteiger partial charge in [-0.3, -0.25) is 9.59 Å². The summed E-state index contributed by atoms with van der Waals surface area (Å²) in [5.74, 6) is 0.351. The van der Waals surface area contributed by atoms with E-state index in [9.17, 15) is 14.4 Å².